The zero-order valence-corrected chi connectivity index (χ0v) is 11.7. The van der Waals surface area contributed by atoms with Crippen LogP contribution >= 0.6 is 23.2 Å². The lowest BCUT2D eigenvalue weighted by Gasteiger charge is -2.09. The van der Waals surface area contributed by atoms with Crippen molar-refractivity contribution in [1.82, 2.24) is 9.66 Å². The van der Waals surface area contributed by atoms with E-state index in [4.69, 9.17) is 29.0 Å². The Morgan fingerprint density at radius 1 is 1.05 bits per heavy atom. The lowest BCUT2D eigenvalue weighted by atomic mass is 10.2. The van der Waals surface area contributed by atoms with Crippen LogP contribution in [0.2, 0.25) is 10.0 Å². The van der Waals surface area contributed by atoms with Crippen molar-refractivity contribution in [3.05, 3.63) is 62.9 Å². The van der Waals surface area contributed by atoms with Crippen molar-refractivity contribution in [3.8, 4) is 11.4 Å². The predicted octanol–water partition coefficient (Wildman–Crippen LogP) is 3.08. The van der Waals surface area contributed by atoms with Crippen molar-refractivity contribution in [2.24, 2.45) is 0 Å². The van der Waals surface area contributed by atoms with Crippen LogP contribution in [0.15, 0.2) is 47.3 Å². The number of rotatable bonds is 1. The molecule has 1 heterocycles. The second-order valence-corrected chi connectivity index (χ2v) is 5.07. The Balaban J connectivity index is 2.33. The number of nitrogens with two attached hydrogens (primary N) is 1. The molecule has 3 aromatic rings. The van der Waals surface area contributed by atoms with Crippen LogP contribution in [0.4, 0.5) is 0 Å². The van der Waals surface area contributed by atoms with E-state index < -0.39 is 0 Å². The SMILES string of the molecule is Nn1c(-c2ccc(Cl)c(Cl)c2)nc2ccccc2c1=O. The standard InChI is InChI=1S/C14H9Cl2N3O/c15-10-6-5-8(7-11(10)16)13-18-12-4-2-1-3-9(12)14(20)19(13)17/h1-7H,17H2. The third-order valence-electron chi connectivity index (χ3n) is 2.99. The molecule has 0 bridgehead atoms. The highest BCUT2D eigenvalue weighted by atomic mass is 35.5. The second-order valence-electron chi connectivity index (χ2n) is 4.26. The van der Waals surface area contributed by atoms with Crippen molar-refractivity contribution in [3.63, 3.8) is 0 Å². The zero-order valence-electron chi connectivity index (χ0n) is 10.2. The molecule has 6 heteroatoms. The summed E-state index contributed by atoms with van der Waals surface area (Å²) in [6.45, 7) is 0. The van der Waals surface area contributed by atoms with Gasteiger partial charge < -0.3 is 5.84 Å². The molecular formula is C14H9Cl2N3O. The quantitative estimate of drug-likeness (QED) is 0.703. The molecule has 100 valence electrons. The molecular weight excluding hydrogens is 297 g/mol. The third kappa shape index (κ3) is 2.03. The van der Waals surface area contributed by atoms with Gasteiger partial charge in [0, 0.05) is 5.56 Å². The smallest absolute Gasteiger partial charge is 0.280 e. The Labute approximate surface area is 124 Å². The fraction of sp³-hybridized carbons (Fsp3) is 0. The van der Waals surface area contributed by atoms with Crippen molar-refractivity contribution >= 4 is 34.1 Å². The largest absolute Gasteiger partial charge is 0.334 e. The van der Waals surface area contributed by atoms with Crippen molar-refractivity contribution in [2.45, 2.75) is 0 Å². The van der Waals surface area contributed by atoms with Crippen LogP contribution in [0, 0.1) is 0 Å². The van der Waals surface area contributed by atoms with Crippen LogP contribution < -0.4 is 11.4 Å². The van der Waals surface area contributed by atoms with Gasteiger partial charge in [-0.25, -0.2) is 9.66 Å². The highest BCUT2D eigenvalue weighted by Gasteiger charge is 2.11. The first kappa shape index (κ1) is 13.0. The van der Waals surface area contributed by atoms with E-state index in [1.165, 1.54) is 0 Å². The molecule has 20 heavy (non-hydrogen) atoms. The molecule has 3 rings (SSSR count). The number of hydrogen-bond acceptors (Lipinski definition) is 3. The molecule has 4 nitrogen and oxygen atoms in total. The minimum Gasteiger partial charge on any atom is -0.334 e. The Morgan fingerprint density at radius 3 is 2.55 bits per heavy atom. The van der Waals surface area contributed by atoms with Gasteiger partial charge in [-0.3, -0.25) is 4.79 Å². The van der Waals surface area contributed by atoms with E-state index in [0.717, 1.165) is 4.68 Å². The molecule has 0 radical (unpaired) electrons. The number of para-hydroxylation sites is 1. The van der Waals surface area contributed by atoms with E-state index in [1.807, 2.05) is 6.07 Å². The fourth-order valence-corrected chi connectivity index (χ4v) is 2.28. The van der Waals surface area contributed by atoms with Crippen LogP contribution in [0.3, 0.4) is 0 Å². The minimum atomic E-state index is -0.309. The van der Waals surface area contributed by atoms with E-state index >= 15 is 0 Å². The van der Waals surface area contributed by atoms with Gasteiger partial charge in [0.15, 0.2) is 5.82 Å². The van der Waals surface area contributed by atoms with Gasteiger partial charge in [0.25, 0.3) is 5.56 Å². The van der Waals surface area contributed by atoms with Crippen LogP contribution in [-0.4, -0.2) is 9.66 Å². The van der Waals surface area contributed by atoms with Gasteiger partial charge in [-0.15, -0.1) is 0 Å². The summed E-state index contributed by atoms with van der Waals surface area (Å²) in [4.78, 5) is 16.6. The molecule has 0 spiro atoms. The molecule has 0 aliphatic heterocycles. The number of nitrogens with zero attached hydrogens (tertiary/aromatic N) is 2. The van der Waals surface area contributed by atoms with Gasteiger partial charge in [-0.05, 0) is 30.3 Å². The molecule has 0 unspecified atom stereocenters. The van der Waals surface area contributed by atoms with Gasteiger partial charge in [-0.2, -0.15) is 0 Å². The summed E-state index contributed by atoms with van der Waals surface area (Å²) < 4.78 is 1.02. The molecule has 0 fully saturated rings. The molecule has 0 saturated heterocycles. The highest BCUT2D eigenvalue weighted by Crippen LogP contribution is 2.27. The lowest BCUT2D eigenvalue weighted by molar-refractivity contribution is 0.927. The van der Waals surface area contributed by atoms with Crippen LogP contribution in [-0.2, 0) is 0 Å². The average Bonchev–Trinajstić information content (AvgIpc) is 2.46. The summed E-state index contributed by atoms with van der Waals surface area (Å²) in [5, 5.41) is 1.28. The number of nitrogen functional groups attached to an aromatic ring is 1. The Kier molecular flexibility index (Phi) is 3.12. The Hall–Kier alpha value is -2.04. The van der Waals surface area contributed by atoms with Crippen molar-refractivity contribution in [1.29, 1.82) is 0 Å². The van der Waals surface area contributed by atoms with E-state index in [1.54, 1.807) is 36.4 Å². The zero-order chi connectivity index (χ0) is 14.3. The van der Waals surface area contributed by atoms with Crippen LogP contribution in [0.1, 0.15) is 0 Å². The second kappa shape index (κ2) is 4.81. The Morgan fingerprint density at radius 2 is 1.80 bits per heavy atom. The number of halogens is 2. The first-order valence-corrected chi connectivity index (χ1v) is 6.56. The summed E-state index contributed by atoms with van der Waals surface area (Å²) in [5.74, 6) is 6.17. The average molecular weight is 306 g/mol. The summed E-state index contributed by atoms with van der Waals surface area (Å²) in [5.41, 5.74) is 0.904. The van der Waals surface area contributed by atoms with E-state index in [0.29, 0.717) is 32.3 Å². The van der Waals surface area contributed by atoms with Gasteiger partial charge in [0.1, 0.15) is 0 Å². The maximum absolute atomic E-state index is 12.2. The molecule has 0 saturated carbocycles. The monoisotopic (exact) mass is 305 g/mol. The van der Waals surface area contributed by atoms with E-state index in [9.17, 15) is 4.79 Å². The van der Waals surface area contributed by atoms with Crippen LogP contribution in [0.5, 0.6) is 0 Å². The van der Waals surface area contributed by atoms with Gasteiger partial charge in [0.05, 0.1) is 20.9 Å². The number of aromatic nitrogens is 2. The molecule has 1 aromatic heterocycles. The Bertz CT molecular complexity index is 874. The fourth-order valence-electron chi connectivity index (χ4n) is 1.98. The van der Waals surface area contributed by atoms with Crippen LogP contribution in [0.25, 0.3) is 22.3 Å². The number of benzene rings is 2. The maximum Gasteiger partial charge on any atom is 0.280 e. The summed E-state index contributed by atoms with van der Waals surface area (Å²) in [7, 11) is 0. The van der Waals surface area contributed by atoms with Crippen molar-refractivity contribution in [2.75, 3.05) is 5.84 Å². The predicted molar refractivity (Wildman–Crippen MR) is 81.6 cm³/mol. The molecule has 2 aromatic carbocycles. The topological polar surface area (TPSA) is 60.9 Å². The summed E-state index contributed by atoms with van der Waals surface area (Å²) >= 11 is 11.9. The van der Waals surface area contributed by atoms with Crippen molar-refractivity contribution < 1.29 is 0 Å². The van der Waals surface area contributed by atoms with E-state index in [2.05, 4.69) is 4.98 Å². The molecule has 2 N–H and O–H groups in total. The van der Waals surface area contributed by atoms with Gasteiger partial charge in [0.2, 0.25) is 0 Å². The molecule has 0 atom stereocenters. The highest BCUT2D eigenvalue weighted by molar-refractivity contribution is 6.42. The third-order valence-corrected chi connectivity index (χ3v) is 3.72. The minimum absolute atomic E-state index is 0.309. The summed E-state index contributed by atoms with van der Waals surface area (Å²) in [6, 6.07) is 12.0. The molecule has 0 aliphatic carbocycles. The molecule has 0 aliphatic rings. The first-order chi connectivity index (χ1) is 9.58. The van der Waals surface area contributed by atoms with E-state index in [-0.39, 0.29) is 5.56 Å². The normalized spacial score (nSPS) is 10.9. The first-order valence-electron chi connectivity index (χ1n) is 5.80. The van der Waals surface area contributed by atoms with Gasteiger partial charge in [-0.1, -0.05) is 35.3 Å². The lowest BCUT2D eigenvalue weighted by Crippen LogP contribution is -2.29. The molecule has 0 amide bonds. The van der Waals surface area contributed by atoms with Gasteiger partial charge >= 0.3 is 0 Å². The number of hydrogen-bond donors (Lipinski definition) is 1. The maximum atomic E-state index is 12.2. The number of fused-ring (bicyclic) bond motifs is 1. The summed E-state index contributed by atoms with van der Waals surface area (Å²) in [6.07, 6.45) is 0.